The van der Waals surface area contributed by atoms with Gasteiger partial charge in [0.1, 0.15) is 5.78 Å². The summed E-state index contributed by atoms with van der Waals surface area (Å²) in [6.45, 7) is 3.06. The number of nitrogens with one attached hydrogen (secondary N) is 1. The van der Waals surface area contributed by atoms with Gasteiger partial charge in [0.15, 0.2) is 0 Å². The highest BCUT2D eigenvalue weighted by Gasteiger charge is 2.22. The van der Waals surface area contributed by atoms with E-state index in [9.17, 15) is 9.59 Å². The van der Waals surface area contributed by atoms with E-state index in [-0.39, 0.29) is 24.2 Å². The number of ether oxygens (including phenoxy) is 1. The Labute approximate surface area is 84.0 Å². The third kappa shape index (κ3) is 3.46. The van der Waals surface area contributed by atoms with Gasteiger partial charge in [-0.25, -0.2) is 0 Å². The Balaban J connectivity index is 2.17. The van der Waals surface area contributed by atoms with E-state index in [0.29, 0.717) is 13.0 Å². The molecule has 1 rings (SSSR count). The highest BCUT2D eigenvalue weighted by molar-refractivity contribution is 5.87. The Morgan fingerprint density at radius 1 is 1.43 bits per heavy atom. The Bertz CT molecular complexity index is 209. The molecule has 0 amide bonds. The fraction of sp³-hybridized carbons (Fsp3) is 0.800. The first-order chi connectivity index (χ1) is 6.74. The van der Waals surface area contributed by atoms with Crippen LogP contribution in [0.2, 0.25) is 0 Å². The van der Waals surface area contributed by atoms with Gasteiger partial charge in [0.05, 0.1) is 19.1 Å². The van der Waals surface area contributed by atoms with Gasteiger partial charge >= 0.3 is 5.97 Å². The molecule has 4 nitrogen and oxygen atoms in total. The van der Waals surface area contributed by atoms with Crippen molar-refractivity contribution in [3.63, 3.8) is 0 Å². The maximum Gasteiger partial charge on any atom is 0.306 e. The van der Waals surface area contributed by atoms with Gasteiger partial charge in [-0.3, -0.25) is 9.59 Å². The average Bonchev–Trinajstić information content (AvgIpc) is 2.67. The summed E-state index contributed by atoms with van der Waals surface area (Å²) in [7, 11) is 0. The summed E-state index contributed by atoms with van der Waals surface area (Å²) in [5.41, 5.74) is 0. The van der Waals surface area contributed by atoms with Gasteiger partial charge in [0.25, 0.3) is 0 Å². The van der Waals surface area contributed by atoms with Crippen molar-refractivity contribution in [3.8, 4) is 0 Å². The SMILES string of the molecule is CCOC(=O)CCC(=O)C1CCCN1. The first-order valence-electron chi connectivity index (χ1n) is 5.15. The maximum absolute atomic E-state index is 11.5. The van der Waals surface area contributed by atoms with Crippen molar-refractivity contribution in [2.24, 2.45) is 0 Å². The fourth-order valence-corrected chi connectivity index (χ4v) is 1.59. The largest absolute Gasteiger partial charge is 0.466 e. The summed E-state index contributed by atoms with van der Waals surface area (Å²) in [6, 6.07) is -0.0237. The zero-order valence-corrected chi connectivity index (χ0v) is 8.54. The first kappa shape index (κ1) is 11.2. The van der Waals surface area contributed by atoms with E-state index in [1.165, 1.54) is 0 Å². The van der Waals surface area contributed by atoms with E-state index in [0.717, 1.165) is 19.4 Å². The highest BCUT2D eigenvalue weighted by Crippen LogP contribution is 2.09. The number of carbonyl (C=O) groups is 2. The van der Waals surface area contributed by atoms with Crippen LogP contribution in [-0.4, -0.2) is 30.9 Å². The lowest BCUT2D eigenvalue weighted by Gasteiger charge is -2.07. The number of ketones is 1. The second-order valence-corrected chi connectivity index (χ2v) is 3.42. The minimum absolute atomic E-state index is 0.0237. The number of rotatable bonds is 5. The van der Waals surface area contributed by atoms with Crippen LogP contribution in [0.25, 0.3) is 0 Å². The second-order valence-electron chi connectivity index (χ2n) is 3.42. The van der Waals surface area contributed by atoms with Crippen LogP contribution >= 0.6 is 0 Å². The van der Waals surface area contributed by atoms with Crippen molar-refractivity contribution in [3.05, 3.63) is 0 Å². The number of carbonyl (C=O) groups excluding carboxylic acids is 2. The monoisotopic (exact) mass is 199 g/mol. The van der Waals surface area contributed by atoms with Gasteiger partial charge in [-0.2, -0.15) is 0 Å². The van der Waals surface area contributed by atoms with Crippen LogP contribution in [0.5, 0.6) is 0 Å². The molecule has 1 atom stereocenters. The number of Topliss-reactive ketones (excluding diaryl/α,β-unsaturated/α-hetero) is 1. The van der Waals surface area contributed by atoms with E-state index in [1.807, 2.05) is 0 Å². The minimum Gasteiger partial charge on any atom is -0.466 e. The number of hydrogen-bond donors (Lipinski definition) is 1. The lowest BCUT2D eigenvalue weighted by atomic mass is 10.1. The first-order valence-corrected chi connectivity index (χ1v) is 5.15. The highest BCUT2D eigenvalue weighted by atomic mass is 16.5. The van der Waals surface area contributed by atoms with Gasteiger partial charge in [-0.15, -0.1) is 0 Å². The third-order valence-corrected chi connectivity index (χ3v) is 2.33. The van der Waals surface area contributed by atoms with E-state index < -0.39 is 0 Å². The molecule has 1 heterocycles. The van der Waals surface area contributed by atoms with Gasteiger partial charge in [-0.05, 0) is 26.3 Å². The van der Waals surface area contributed by atoms with Crippen molar-refractivity contribution in [2.75, 3.05) is 13.2 Å². The lowest BCUT2D eigenvalue weighted by Crippen LogP contribution is -2.31. The molecule has 0 saturated carbocycles. The van der Waals surface area contributed by atoms with Crippen molar-refractivity contribution in [2.45, 2.75) is 38.6 Å². The normalized spacial score (nSPS) is 20.8. The molecule has 14 heavy (non-hydrogen) atoms. The van der Waals surface area contributed by atoms with Crippen LogP contribution in [0.1, 0.15) is 32.6 Å². The zero-order chi connectivity index (χ0) is 10.4. The Morgan fingerprint density at radius 2 is 2.21 bits per heavy atom. The molecule has 1 unspecified atom stereocenters. The summed E-state index contributed by atoms with van der Waals surface area (Å²) < 4.78 is 4.74. The molecule has 1 fully saturated rings. The van der Waals surface area contributed by atoms with Crippen LogP contribution in [0.3, 0.4) is 0 Å². The van der Waals surface area contributed by atoms with Crippen LogP contribution in [0.15, 0.2) is 0 Å². The van der Waals surface area contributed by atoms with E-state index >= 15 is 0 Å². The fourth-order valence-electron chi connectivity index (χ4n) is 1.59. The smallest absolute Gasteiger partial charge is 0.306 e. The molecule has 1 aliphatic rings. The zero-order valence-electron chi connectivity index (χ0n) is 8.54. The molecule has 1 saturated heterocycles. The Morgan fingerprint density at radius 3 is 2.79 bits per heavy atom. The molecule has 0 aromatic carbocycles. The van der Waals surface area contributed by atoms with E-state index in [2.05, 4.69) is 5.32 Å². The van der Waals surface area contributed by atoms with Crippen molar-refractivity contribution >= 4 is 11.8 Å². The molecule has 0 aliphatic carbocycles. The van der Waals surface area contributed by atoms with Crippen LogP contribution in [-0.2, 0) is 14.3 Å². The Kier molecular flexibility index (Phi) is 4.59. The lowest BCUT2D eigenvalue weighted by molar-refractivity contribution is -0.144. The summed E-state index contributed by atoms with van der Waals surface area (Å²) in [4.78, 5) is 22.5. The molecule has 1 N–H and O–H groups in total. The number of hydrogen-bond acceptors (Lipinski definition) is 4. The van der Waals surface area contributed by atoms with Crippen LogP contribution in [0, 0.1) is 0 Å². The quantitative estimate of drug-likeness (QED) is 0.660. The topological polar surface area (TPSA) is 55.4 Å². The molecule has 0 bridgehead atoms. The van der Waals surface area contributed by atoms with E-state index in [1.54, 1.807) is 6.92 Å². The second kappa shape index (κ2) is 5.75. The van der Waals surface area contributed by atoms with Gasteiger partial charge in [0, 0.05) is 6.42 Å². The molecule has 0 spiro atoms. The molecule has 4 heteroatoms. The number of esters is 1. The van der Waals surface area contributed by atoms with Crippen molar-refractivity contribution in [1.82, 2.24) is 5.32 Å². The van der Waals surface area contributed by atoms with Gasteiger partial charge in [0.2, 0.25) is 0 Å². The molecule has 80 valence electrons. The molecule has 0 radical (unpaired) electrons. The minimum atomic E-state index is -0.279. The molecule has 0 aromatic heterocycles. The Hall–Kier alpha value is -0.900. The predicted molar refractivity (Wildman–Crippen MR) is 51.9 cm³/mol. The summed E-state index contributed by atoms with van der Waals surface area (Å²) >= 11 is 0. The average molecular weight is 199 g/mol. The maximum atomic E-state index is 11.5. The summed E-state index contributed by atoms with van der Waals surface area (Å²) in [5, 5.41) is 3.11. The van der Waals surface area contributed by atoms with Crippen molar-refractivity contribution < 1.29 is 14.3 Å². The van der Waals surface area contributed by atoms with Gasteiger partial charge in [-0.1, -0.05) is 0 Å². The van der Waals surface area contributed by atoms with Crippen molar-refractivity contribution in [1.29, 1.82) is 0 Å². The summed E-state index contributed by atoms with van der Waals surface area (Å²) in [5.74, 6) is -0.144. The van der Waals surface area contributed by atoms with E-state index in [4.69, 9.17) is 4.74 Å². The van der Waals surface area contributed by atoms with Crippen LogP contribution < -0.4 is 5.32 Å². The third-order valence-electron chi connectivity index (χ3n) is 2.33. The van der Waals surface area contributed by atoms with Crippen LogP contribution in [0.4, 0.5) is 0 Å². The standard InChI is InChI=1S/C10H17NO3/c1-2-14-10(13)6-5-9(12)8-4-3-7-11-8/h8,11H,2-7H2,1H3. The molecular weight excluding hydrogens is 182 g/mol. The van der Waals surface area contributed by atoms with Gasteiger partial charge < -0.3 is 10.1 Å². The predicted octanol–water partition coefficient (Wildman–Crippen LogP) is 0.651. The molecule has 0 aromatic rings. The summed E-state index contributed by atoms with van der Waals surface area (Å²) in [6.07, 6.45) is 2.47. The molecular formula is C10H17NO3. The molecule has 1 aliphatic heterocycles.